The molecule has 1 fully saturated rings. The van der Waals surface area contributed by atoms with Crippen LogP contribution in [0.1, 0.15) is 12.8 Å². The quantitative estimate of drug-likeness (QED) is 0.917. The van der Waals surface area contributed by atoms with E-state index in [0.717, 1.165) is 31.7 Å². The number of hydrogen-bond acceptors (Lipinski definition) is 7. The molecular weight excluding hydrogens is 287 g/mol. The van der Waals surface area contributed by atoms with Crippen LogP contribution in [0.4, 0.5) is 16.0 Å². The van der Waals surface area contributed by atoms with Gasteiger partial charge in [0.1, 0.15) is 18.5 Å². The average Bonchev–Trinajstić information content (AvgIpc) is 2.56. The summed E-state index contributed by atoms with van der Waals surface area (Å²) in [5, 5.41) is 3.36. The maximum absolute atomic E-state index is 13.7. The van der Waals surface area contributed by atoms with Gasteiger partial charge in [-0.25, -0.2) is 24.3 Å². The van der Waals surface area contributed by atoms with Crippen LogP contribution < -0.4 is 15.0 Å². The number of halogens is 1. The monoisotopic (exact) mass is 304 g/mol. The largest absolute Gasteiger partial charge is 0.481 e. The number of ether oxygens (including phenoxy) is 1. The van der Waals surface area contributed by atoms with Crippen molar-refractivity contribution >= 4 is 11.6 Å². The number of rotatable bonds is 4. The lowest BCUT2D eigenvalue weighted by Gasteiger charge is -2.33. The van der Waals surface area contributed by atoms with E-state index in [1.54, 1.807) is 13.2 Å². The third-order valence-corrected chi connectivity index (χ3v) is 3.65. The van der Waals surface area contributed by atoms with Crippen LogP contribution in [-0.2, 0) is 0 Å². The van der Waals surface area contributed by atoms with Gasteiger partial charge in [-0.3, -0.25) is 0 Å². The van der Waals surface area contributed by atoms with Gasteiger partial charge in [-0.05, 0) is 12.8 Å². The molecule has 0 aliphatic carbocycles. The number of aromatic nitrogens is 4. The molecule has 2 aromatic heterocycles. The molecule has 1 aliphatic rings. The molecule has 1 N–H and O–H groups in total. The highest BCUT2D eigenvalue weighted by molar-refractivity contribution is 5.41. The summed E-state index contributed by atoms with van der Waals surface area (Å²) in [7, 11) is 1.57. The first kappa shape index (κ1) is 14.4. The minimum Gasteiger partial charge on any atom is -0.481 e. The van der Waals surface area contributed by atoms with Crippen molar-refractivity contribution in [2.75, 3.05) is 30.4 Å². The SMILES string of the molecule is COc1cc(NC2CCN(c3ncncc3F)CC2)ncn1. The highest BCUT2D eigenvalue weighted by Gasteiger charge is 2.22. The zero-order chi connectivity index (χ0) is 15.4. The summed E-state index contributed by atoms with van der Waals surface area (Å²) in [5.41, 5.74) is 0. The number of nitrogens with one attached hydrogen (secondary N) is 1. The third kappa shape index (κ3) is 3.21. The van der Waals surface area contributed by atoms with Crippen LogP contribution in [-0.4, -0.2) is 46.2 Å². The number of piperidine rings is 1. The first-order valence-corrected chi connectivity index (χ1v) is 7.09. The molecule has 0 atom stereocenters. The van der Waals surface area contributed by atoms with Crippen LogP contribution in [0.2, 0.25) is 0 Å². The Morgan fingerprint density at radius 3 is 2.77 bits per heavy atom. The van der Waals surface area contributed by atoms with E-state index in [0.29, 0.717) is 11.7 Å². The van der Waals surface area contributed by atoms with E-state index in [1.165, 1.54) is 18.9 Å². The van der Waals surface area contributed by atoms with Gasteiger partial charge in [0.2, 0.25) is 5.88 Å². The maximum Gasteiger partial charge on any atom is 0.218 e. The molecule has 116 valence electrons. The fourth-order valence-corrected chi connectivity index (χ4v) is 2.51. The lowest BCUT2D eigenvalue weighted by molar-refractivity contribution is 0.397. The fourth-order valence-electron chi connectivity index (χ4n) is 2.51. The van der Waals surface area contributed by atoms with Gasteiger partial charge in [0.25, 0.3) is 0 Å². The van der Waals surface area contributed by atoms with E-state index < -0.39 is 0 Å². The molecule has 0 bridgehead atoms. The second-order valence-corrected chi connectivity index (χ2v) is 5.05. The van der Waals surface area contributed by atoms with Gasteiger partial charge in [-0.1, -0.05) is 0 Å². The highest BCUT2D eigenvalue weighted by atomic mass is 19.1. The number of nitrogens with zero attached hydrogens (tertiary/aromatic N) is 5. The minimum absolute atomic E-state index is 0.278. The second kappa shape index (κ2) is 6.50. The lowest BCUT2D eigenvalue weighted by atomic mass is 10.1. The molecule has 8 heteroatoms. The molecule has 7 nitrogen and oxygen atoms in total. The summed E-state index contributed by atoms with van der Waals surface area (Å²) in [6.07, 6.45) is 5.77. The van der Waals surface area contributed by atoms with Crippen molar-refractivity contribution < 1.29 is 9.13 Å². The standard InChI is InChI=1S/C14H17FN6O/c1-22-13-6-12(17-9-18-13)20-10-2-4-21(5-3-10)14-11(15)7-16-8-19-14/h6-10H,2-5H2,1H3,(H,17,18,20). The summed E-state index contributed by atoms with van der Waals surface area (Å²) in [6.45, 7) is 1.46. The maximum atomic E-state index is 13.7. The molecule has 0 unspecified atom stereocenters. The predicted octanol–water partition coefficient (Wildman–Crippen LogP) is 1.50. The number of hydrogen-bond donors (Lipinski definition) is 1. The van der Waals surface area contributed by atoms with Crippen LogP contribution in [0.15, 0.2) is 24.9 Å². The Morgan fingerprint density at radius 2 is 2.05 bits per heavy atom. The van der Waals surface area contributed by atoms with Gasteiger partial charge in [-0.2, -0.15) is 0 Å². The molecule has 0 amide bonds. The molecule has 1 aliphatic heterocycles. The molecule has 3 heterocycles. The minimum atomic E-state index is -0.380. The van der Waals surface area contributed by atoms with Gasteiger partial charge in [0.05, 0.1) is 13.3 Å². The third-order valence-electron chi connectivity index (χ3n) is 3.65. The molecule has 0 aromatic carbocycles. The summed E-state index contributed by atoms with van der Waals surface area (Å²) in [5.74, 6) is 1.25. The Hall–Kier alpha value is -2.51. The summed E-state index contributed by atoms with van der Waals surface area (Å²) < 4.78 is 18.8. The zero-order valence-corrected chi connectivity index (χ0v) is 12.2. The van der Waals surface area contributed by atoms with Gasteiger partial charge in [0, 0.05) is 25.2 Å². The van der Waals surface area contributed by atoms with E-state index in [-0.39, 0.29) is 11.9 Å². The highest BCUT2D eigenvalue weighted by Crippen LogP contribution is 2.22. The van der Waals surface area contributed by atoms with Crippen molar-refractivity contribution in [1.82, 2.24) is 19.9 Å². The molecule has 22 heavy (non-hydrogen) atoms. The van der Waals surface area contributed by atoms with Crippen molar-refractivity contribution in [3.63, 3.8) is 0 Å². The molecule has 2 aromatic rings. The predicted molar refractivity (Wildman–Crippen MR) is 79.4 cm³/mol. The van der Waals surface area contributed by atoms with Gasteiger partial charge >= 0.3 is 0 Å². The topological polar surface area (TPSA) is 76.1 Å². The van der Waals surface area contributed by atoms with Crippen molar-refractivity contribution in [2.24, 2.45) is 0 Å². The van der Waals surface area contributed by atoms with Gasteiger partial charge < -0.3 is 15.0 Å². The summed E-state index contributed by atoms with van der Waals surface area (Å²) in [6, 6.07) is 2.04. The van der Waals surface area contributed by atoms with E-state index in [1.807, 2.05) is 4.90 Å². The van der Waals surface area contributed by atoms with Crippen molar-refractivity contribution in [3.05, 3.63) is 30.7 Å². The van der Waals surface area contributed by atoms with Crippen molar-refractivity contribution in [2.45, 2.75) is 18.9 Å². The van der Waals surface area contributed by atoms with Crippen LogP contribution in [0.25, 0.3) is 0 Å². The molecule has 1 saturated heterocycles. The lowest BCUT2D eigenvalue weighted by Crippen LogP contribution is -2.40. The summed E-state index contributed by atoms with van der Waals surface area (Å²) >= 11 is 0. The van der Waals surface area contributed by atoms with Crippen molar-refractivity contribution in [1.29, 1.82) is 0 Å². The Bertz CT molecular complexity index is 632. The fraction of sp³-hybridized carbons (Fsp3) is 0.429. The van der Waals surface area contributed by atoms with Gasteiger partial charge in [0.15, 0.2) is 11.6 Å². The van der Waals surface area contributed by atoms with Gasteiger partial charge in [-0.15, -0.1) is 0 Å². The Labute approximate surface area is 127 Å². The molecule has 0 radical (unpaired) electrons. The molecule has 3 rings (SSSR count). The van der Waals surface area contributed by atoms with E-state index in [2.05, 4.69) is 25.3 Å². The zero-order valence-electron chi connectivity index (χ0n) is 12.2. The molecule has 0 spiro atoms. The van der Waals surface area contributed by atoms with Crippen LogP contribution in [0.3, 0.4) is 0 Å². The van der Waals surface area contributed by atoms with Crippen LogP contribution >= 0.6 is 0 Å². The van der Waals surface area contributed by atoms with E-state index in [9.17, 15) is 4.39 Å². The van der Waals surface area contributed by atoms with Crippen molar-refractivity contribution in [3.8, 4) is 5.88 Å². The first-order valence-electron chi connectivity index (χ1n) is 7.09. The molecule has 0 saturated carbocycles. The second-order valence-electron chi connectivity index (χ2n) is 5.05. The van der Waals surface area contributed by atoms with Crippen LogP contribution in [0, 0.1) is 5.82 Å². The molecular formula is C14H17FN6O. The summed E-state index contributed by atoms with van der Waals surface area (Å²) in [4.78, 5) is 17.8. The Kier molecular flexibility index (Phi) is 4.27. The number of methoxy groups -OCH3 is 1. The van der Waals surface area contributed by atoms with E-state index >= 15 is 0 Å². The smallest absolute Gasteiger partial charge is 0.218 e. The average molecular weight is 304 g/mol. The number of anilines is 2. The Morgan fingerprint density at radius 1 is 1.23 bits per heavy atom. The first-order chi connectivity index (χ1) is 10.8. The Balaban J connectivity index is 1.59. The van der Waals surface area contributed by atoms with E-state index in [4.69, 9.17) is 4.74 Å². The van der Waals surface area contributed by atoms with Crippen LogP contribution in [0.5, 0.6) is 5.88 Å². The normalized spacial score (nSPS) is 15.6.